The van der Waals surface area contributed by atoms with Gasteiger partial charge in [0.15, 0.2) is 0 Å². The average Bonchev–Trinajstić information content (AvgIpc) is 3.07. The summed E-state index contributed by atoms with van der Waals surface area (Å²) in [6.45, 7) is 6.86. The number of rotatable bonds is 4. The lowest BCUT2D eigenvalue weighted by molar-refractivity contribution is 0.0766. The largest absolute Gasteiger partial charge is 0.337 e. The highest BCUT2D eigenvalue weighted by Crippen LogP contribution is 2.20. The minimum Gasteiger partial charge on any atom is -0.337 e. The number of likely N-dealkylation sites (tertiary alicyclic amines) is 1. The number of benzene rings is 1. The molecule has 1 N–H and O–H groups in total. The second-order valence-electron chi connectivity index (χ2n) is 7.51. The van der Waals surface area contributed by atoms with Crippen LogP contribution in [0, 0.1) is 0 Å². The number of hydrogen-bond donors (Lipinski definition) is 1. The molecule has 4 rings (SSSR count). The number of amides is 1. The fourth-order valence-corrected chi connectivity index (χ4v) is 3.90. The molecule has 2 aromatic rings. The Kier molecular flexibility index (Phi) is 5.80. The van der Waals surface area contributed by atoms with Crippen molar-refractivity contribution in [1.82, 2.24) is 20.1 Å². The van der Waals surface area contributed by atoms with Gasteiger partial charge in [0.2, 0.25) is 0 Å². The van der Waals surface area contributed by atoms with Crippen LogP contribution in [0.3, 0.4) is 0 Å². The molecule has 0 aliphatic carbocycles. The third-order valence-corrected chi connectivity index (χ3v) is 5.48. The van der Waals surface area contributed by atoms with E-state index in [2.05, 4.69) is 27.3 Å². The number of carbonyl (C=O) groups is 1. The summed E-state index contributed by atoms with van der Waals surface area (Å²) < 4.78 is 0. The molecule has 1 amide bonds. The predicted molar refractivity (Wildman–Crippen MR) is 108 cm³/mol. The summed E-state index contributed by atoms with van der Waals surface area (Å²) in [5.74, 6) is 0.124. The van der Waals surface area contributed by atoms with Crippen LogP contribution < -0.4 is 5.32 Å². The third-order valence-electron chi connectivity index (χ3n) is 5.48. The first-order chi connectivity index (χ1) is 13.3. The van der Waals surface area contributed by atoms with E-state index in [4.69, 9.17) is 0 Å². The normalized spacial score (nSPS) is 18.4. The Balaban J connectivity index is 1.41. The topological polar surface area (TPSA) is 48.5 Å². The van der Waals surface area contributed by atoms with Crippen LogP contribution in [0.2, 0.25) is 0 Å². The molecule has 1 aromatic heterocycles. The molecule has 3 heterocycles. The summed E-state index contributed by atoms with van der Waals surface area (Å²) in [5, 5.41) is 3.34. The Labute approximate surface area is 161 Å². The Hall–Kier alpha value is -2.24. The van der Waals surface area contributed by atoms with Gasteiger partial charge in [-0.05, 0) is 62.7 Å². The first-order valence-electron chi connectivity index (χ1n) is 10.1. The maximum absolute atomic E-state index is 12.7. The van der Waals surface area contributed by atoms with Crippen molar-refractivity contribution in [3.8, 4) is 11.3 Å². The van der Waals surface area contributed by atoms with Gasteiger partial charge >= 0.3 is 0 Å². The van der Waals surface area contributed by atoms with Crippen LogP contribution in [0.5, 0.6) is 0 Å². The van der Waals surface area contributed by atoms with Crippen LogP contribution >= 0.6 is 0 Å². The second-order valence-corrected chi connectivity index (χ2v) is 7.51. The molecular weight excluding hydrogens is 336 g/mol. The second kappa shape index (κ2) is 8.63. The fourth-order valence-electron chi connectivity index (χ4n) is 3.90. The molecule has 142 valence electrons. The van der Waals surface area contributed by atoms with E-state index in [0.717, 1.165) is 56.0 Å². The molecule has 0 spiro atoms. The maximum atomic E-state index is 12.7. The lowest BCUT2D eigenvalue weighted by atomic mass is 10.1. The lowest BCUT2D eigenvalue weighted by Gasteiger charge is -2.20. The van der Waals surface area contributed by atoms with E-state index in [0.29, 0.717) is 0 Å². The van der Waals surface area contributed by atoms with Crippen molar-refractivity contribution in [2.75, 3.05) is 39.3 Å². The van der Waals surface area contributed by atoms with Crippen LogP contribution in [0.4, 0.5) is 0 Å². The van der Waals surface area contributed by atoms with Crippen molar-refractivity contribution in [3.05, 3.63) is 53.7 Å². The maximum Gasteiger partial charge on any atom is 0.253 e. The number of hydrogen-bond acceptors (Lipinski definition) is 4. The Morgan fingerprint density at radius 1 is 0.926 bits per heavy atom. The number of aromatic nitrogens is 1. The predicted octanol–water partition coefficient (Wildman–Crippen LogP) is 2.78. The minimum atomic E-state index is 0.124. The Bertz CT molecular complexity index is 743. The monoisotopic (exact) mass is 364 g/mol. The molecule has 0 unspecified atom stereocenters. The Morgan fingerprint density at radius 2 is 1.74 bits per heavy atom. The molecule has 2 aliphatic rings. The third kappa shape index (κ3) is 4.54. The van der Waals surface area contributed by atoms with Gasteiger partial charge in [-0.2, -0.15) is 0 Å². The summed E-state index contributed by atoms with van der Waals surface area (Å²) in [7, 11) is 0. The van der Waals surface area contributed by atoms with Crippen LogP contribution in [-0.4, -0.2) is 60.0 Å². The molecule has 27 heavy (non-hydrogen) atoms. The molecule has 5 heteroatoms. The molecule has 0 saturated carbocycles. The number of carbonyl (C=O) groups excluding carboxylic acids is 1. The van der Waals surface area contributed by atoms with E-state index in [1.54, 1.807) is 0 Å². The Morgan fingerprint density at radius 3 is 2.48 bits per heavy atom. The van der Waals surface area contributed by atoms with Gasteiger partial charge in [-0.15, -0.1) is 0 Å². The van der Waals surface area contributed by atoms with Gasteiger partial charge in [0.05, 0.1) is 5.69 Å². The number of nitrogens with zero attached hydrogens (tertiary/aromatic N) is 3. The highest BCUT2D eigenvalue weighted by atomic mass is 16.2. The SMILES string of the molecule is O=C(c1ccc(-c2ccc(CN3CCCC3)cn2)cc1)N1CCCNCC1. The van der Waals surface area contributed by atoms with E-state index < -0.39 is 0 Å². The van der Waals surface area contributed by atoms with Gasteiger partial charge < -0.3 is 10.2 Å². The van der Waals surface area contributed by atoms with E-state index in [9.17, 15) is 4.79 Å². The molecule has 1 aromatic carbocycles. The van der Waals surface area contributed by atoms with Crippen LogP contribution in [0.15, 0.2) is 42.6 Å². The van der Waals surface area contributed by atoms with Gasteiger partial charge in [0.1, 0.15) is 0 Å². The lowest BCUT2D eigenvalue weighted by Crippen LogP contribution is -2.34. The van der Waals surface area contributed by atoms with Crippen molar-refractivity contribution in [2.24, 2.45) is 0 Å². The number of nitrogens with one attached hydrogen (secondary N) is 1. The number of pyridine rings is 1. The van der Waals surface area contributed by atoms with Gasteiger partial charge in [0, 0.05) is 43.5 Å². The summed E-state index contributed by atoms with van der Waals surface area (Å²) >= 11 is 0. The molecule has 0 radical (unpaired) electrons. The molecule has 2 saturated heterocycles. The standard InChI is InChI=1S/C22H28N4O/c27-22(26-14-3-10-23-11-15-26)20-7-5-19(6-8-20)21-9-4-18(16-24-21)17-25-12-1-2-13-25/h4-9,16,23H,1-3,10-15,17H2. The fraction of sp³-hybridized carbons (Fsp3) is 0.455. The van der Waals surface area contributed by atoms with E-state index in [1.165, 1.54) is 31.5 Å². The smallest absolute Gasteiger partial charge is 0.253 e. The zero-order valence-corrected chi connectivity index (χ0v) is 15.9. The van der Waals surface area contributed by atoms with Crippen molar-refractivity contribution in [3.63, 3.8) is 0 Å². The van der Waals surface area contributed by atoms with Gasteiger partial charge in [-0.3, -0.25) is 14.7 Å². The minimum absolute atomic E-state index is 0.124. The van der Waals surface area contributed by atoms with Crippen molar-refractivity contribution < 1.29 is 4.79 Å². The highest BCUT2D eigenvalue weighted by molar-refractivity contribution is 5.94. The zero-order valence-electron chi connectivity index (χ0n) is 15.9. The quantitative estimate of drug-likeness (QED) is 0.906. The first kappa shape index (κ1) is 18.1. The average molecular weight is 364 g/mol. The van der Waals surface area contributed by atoms with Crippen molar-refractivity contribution in [1.29, 1.82) is 0 Å². The molecule has 0 atom stereocenters. The van der Waals surface area contributed by atoms with Gasteiger partial charge in [0.25, 0.3) is 5.91 Å². The van der Waals surface area contributed by atoms with Crippen molar-refractivity contribution >= 4 is 5.91 Å². The van der Waals surface area contributed by atoms with E-state index in [1.807, 2.05) is 35.4 Å². The van der Waals surface area contributed by atoms with Crippen LogP contribution in [0.1, 0.15) is 35.2 Å². The molecular formula is C22H28N4O. The zero-order chi connectivity index (χ0) is 18.5. The van der Waals surface area contributed by atoms with Gasteiger partial charge in [-0.1, -0.05) is 18.2 Å². The summed E-state index contributed by atoms with van der Waals surface area (Å²) in [5.41, 5.74) is 4.03. The van der Waals surface area contributed by atoms with E-state index >= 15 is 0 Å². The van der Waals surface area contributed by atoms with Gasteiger partial charge in [-0.25, -0.2) is 0 Å². The first-order valence-corrected chi connectivity index (χ1v) is 10.1. The van der Waals surface area contributed by atoms with Crippen molar-refractivity contribution in [2.45, 2.75) is 25.8 Å². The summed E-state index contributed by atoms with van der Waals surface area (Å²) in [4.78, 5) is 21.8. The molecule has 0 bridgehead atoms. The van der Waals surface area contributed by atoms with E-state index in [-0.39, 0.29) is 5.91 Å². The van der Waals surface area contributed by atoms with Crippen LogP contribution in [-0.2, 0) is 6.54 Å². The summed E-state index contributed by atoms with van der Waals surface area (Å²) in [6, 6.07) is 12.1. The molecule has 5 nitrogen and oxygen atoms in total. The molecule has 2 aliphatic heterocycles. The molecule has 2 fully saturated rings. The highest BCUT2D eigenvalue weighted by Gasteiger charge is 2.17. The summed E-state index contributed by atoms with van der Waals surface area (Å²) in [6.07, 6.45) is 5.61. The van der Waals surface area contributed by atoms with Crippen LogP contribution in [0.25, 0.3) is 11.3 Å².